The summed E-state index contributed by atoms with van der Waals surface area (Å²) in [4.78, 5) is 14.3. The Balaban J connectivity index is 1.64. The van der Waals surface area contributed by atoms with E-state index in [9.17, 15) is 4.79 Å². The molecule has 116 valence electrons. The van der Waals surface area contributed by atoms with E-state index in [0.29, 0.717) is 12.6 Å². The van der Waals surface area contributed by atoms with E-state index in [2.05, 4.69) is 5.32 Å². The molecule has 4 heteroatoms. The largest absolute Gasteiger partial charge is 0.369 e. The molecule has 0 aliphatic carbocycles. The zero-order valence-electron chi connectivity index (χ0n) is 12.9. The lowest BCUT2D eigenvalue weighted by molar-refractivity contribution is -0.142. The van der Waals surface area contributed by atoms with E-state index in [-0.39, 0.29) is 12.0 Å². The Hall–Kier alpha value is -0.610. The van der Waals surface area contributed by atoms with Gasteiger partial charge >= 0.3 is 0 Å². The number of carbonyl (C=O) groups excluding carboxylic acids is 1. The molecule has 0 saturated carbocycles. The Labute approximate surface area is 123 Å². The molecule has 0 aromatic carbocycles. The summed E-state index contributed by atoms with van der Waals surface area (Å²) in [7, 11) is 0. The second-order valence-corrected chi connectivity index (χ2v) is 6.19. The molecule has 0 bridgehead atoms. The number of rotatable bonds is 5. The SMILES string of the molecule is CC(OCCC1CCCCN1)C(=O)N1CCCCCC1. The van der Waals surface area contributed by atoms with Crippen molar-refractivity contribution in [3.63, 3.8) is 0 Å². The van der Waals surface area contributed by atoms with Crippen molar-refractivity contribution < 1.29 is 9.53 Å². The average molecular weight is 282 g/mol. The Bertz CT molecular complexity index is 282. The van der Waals surface area contributed by atoms with Crippen LogP contribution in [-0.4, -0.2) is 49.2 Å². The molecular weight excluding hydrogens is 252 g/mol. The van der Waals surface area contributed by atoms with Gasteiger partial charge in [-0.1, -0.05) is 19.3 Å². The van der Waals surface area contributed by atoms with E-state index in [1.807, 2.05) is 11.8 Å². The molecule has 0 radical (unpaired) electrons. The smallest absolute Gasteiger partial charge is 0.251 e. The molecule has 2 heterocycles. The summed E-state index contributed by atoms with van der Waals surface area (Å²) in [6.07, 6.45) is 9.40. The van der Waals surface area contributed by atoms with E-state index in [1.165, 1.54) is 32.1 Å². The van der Waals surface area contributed by atoms with Crippen molar-refractivity contribution in [3.8, 4) is 0 Å². The minimum Gasteiger partial charge on any atom is -0.369 e. The maximum absolute atomic E-state index is 12.3. The molecule has 1 amide bonds. The van der Waals surface area contributed by atoms with Gasteiger partial charge in [-0.2, -0.15) is 0 Å². The number of hydrogen-bond acceptors (Lipinski definition) is 3. The maximum Gasteiger partial charge on any atom is 0.251 e. The lowest BCUT2D eigenvalue weighted by Gasteiger charge is -2.26. The number of carbonyl (C=O) groups is 1. The van der Waals surface area contributed by atoms with Crippen LogP contribution in [0.3, 0.4) is 0 Å². The highest BCUT2D eigenvalue weighted by molar-refractivity contribution is 5.80. The van der Waals surface area contributed by atoms with Crippen LogP contribution in [0.15, 0.2) is 0 Å². The second kappa shape index (κ2) is 8.63. The van der Waals surface area contributed by atoms with E-state index >= 15 is 0 Å². The second-order valence-electron chi connectivity index (χ2n) is 6.19. The van der Waals surface area contributed by atoms with Crippen LogP contribution in [0.4, 0.5) is 0 Å². The monoisotopic (exact) mass is 282 g/mol. The normalized spacial score (nSPS) is 26.1. The highest BCUT2D eigenvalue weighted by Gasteiger charge is 2.22. The average Bonchev–Trinajstić information content (AvgIpc) is 2.76. The Morgan fingerprint density at radius 1 is 1.20 bits per heavy atom. The first-order chi connectivity index (χ1) is 9.77. The van der Waals surface area contributed by atoms with Crippen LogP contribution >= 0.6 is 0 Å². The molecule has 2 fully saturated rings. The van der Waals surface area contributed by atoms with Crippen LogP contribution < -0.4 is 5.32 Å². The van der Waals surface area contributed by atoms with Gasteiger partial charge in [0.25, 0.3) is 5.91 Å². The Morgan fingerprint density at radius 2 is 1.95 bits per heavy atom. The molecular formula is C16H30N2O2. The van der Waals surface area contributed by atoms with Gasteiger partial charge < -0.3 is 15.0 Å². The third kappa shape index (κ3) is 5.06. The summed E-state index contributed by atoms with van der Waals surface area (Å²) in [6, 6.07) is 0.587. The van der Waals surface area contributed by atoms with Crippen molar-refractivity contribution >= 4 is 5.91 Å². The van der Waals surface area contributed by atoms with Crippen molar-refractivity contribution in [2.45, 2.75) is 70.4 Å². The van der Waals surface area contributed by atoms with Gasteiger partial charge in [0.1, 0.15) is 6.10 Å². The molecule has 2 rings (SSSR count). The van der Waals surface area contributed by atoms with Crippen molar-refractivity contribution in [2.75, 3.05) is 26.2 Å². The molecule has 2 aliphatic rings. The quantitative estimate of drug-likeness (QED) is 0.841. The summed E-state index contributed by atoms with van der Waals surface area (Å²) < 4.78 is 5.77. The van der Waals surface area contributed by atoms with Gasteiger partial charge in [-0.15, -0.1) is 0 Å². The maximum atomic E-state index is 12.3. The molecule has 2 unspecified atom stereocenters. The fraction of sp³-hybridized carbons (Fsp3) is 0.938. The van der Waals surface area contributed by atoms with Gasteiger partial charge in [0.05, 0.1) is 0 Å². The molecule has 20 heavy (non-hydrogen) atoms. The number of hydrogen-bond donors (Lipinski definition) is 1. The van der Waals surface area contributed by atoms with Crippen LogP contribution in [0.1, 0.15) is 58.3 Å². The fourth-order valence-corrected chi connectivity index (χ4v) is 3.18. The molecule has 2 aliphatic heterocycles. The van der Waals surface area contributed by atoms with Crippen LogP contribution in [0, 0.1) is 0 Å². The minimum absolute atomic E-state index is 0.184. The van der Waals surface area contributed by atoms with Gasteiger partial charge in [0, 0.05) is 25.7 Å². The lowest BCUT2D eigenvalue weighted by Crippen LogP contribution is -2.40. The van der Waals surface area contributed by atoms with Crippen LogP contribution in [0.25, 0.3) is 0 Å². The zero-order chi connectivity index (χ0) is 14.2. The minimum atomic E-state index is -0.281. The van der Waals surface area contributed by atoms with E-state index < -0.39 is 0 Å². The number of nitrogens with zero attached hydrogens (tertiary/aromatic N) is 1. The van der Waals surface area contributed by atoms with E-state index in [4.69, 9.17) is 4.74 Å². The lowest BCUT2D eigenvalue weighted by atomic mass is 10.0. The van der Waals surface area contributed by atoms with E-state index in [0.717, 1.165) is 38.9 Å². The van der Waals surface area contributed by atoms with Crippen molar-refractivity contribution in [1.82, 2.24) is 10.2 Å². The Kier molecular flexibility index (Phi) is 6.80. The number of ether oxygens (including phenoxy) is 1. The highest BCUT2D eigenvalue weighted by atomic mass is 16.5. The van der Waals surface area contributed by atoms with Gasteiger partial charge in [0.2, 0.25) is 0 Å². The summed E-state index contributed by atoms with van der Waals surface area (Å²) in [5.74, 6) is 0.184. The van der Waals surface area contributed by atoms with E-state index in [1.54, 1.807) is 0 Å². The molecule has 1 N–H and O–H groups in total. The predicted molar refractivity (Wildman–Crippen MR) is 80.7 cm³/mol. The first-order valence-corrected chi connectivity index (χ1v) is 8.41. The third-order valence-corrected chi connectivity index (χ3v) is 4.51. The van der Waals surface area contributed by atoms with Gasteiger partial charge in [-0.3, -0.25) is 4.79 Å². The molecule has 0 spiro atoms. The predicted octanol–water partition coefficient (Wildman–Crippen LogP) is 2.33. The summed E-state index contributed by atoms with van der Waals surface area (Å²) >= 11 is 0. The van der Waals surface area contributed by atoms with Crippen LogP contribution in [0.2, 0.25) is 0 Å². The Morgan fingerprint density at radius 3 is 2.60 bits per heavy atom. The standard InChI is InChI=1S/C16H30N2O2/c1-14(16(19)18-11-6-2-3-7-12-18)20-13-9-15-8-4-5-10-17-15/h14-15,17H,2-13H2,1H3. The zero-order valence-corrected chi connectivity index (χ0v) is 12.9. The molecule has 2 atom stereocenters. The summed E-state index contributed by atoms with van der Waals surface area (Å²) in [5.41, 5.74) is 0. The fourth-order valence-electron chi connectivity index (χ4n) is 3.18. The number of nitrogens with one attached hydrogen (secondary N) is 1. The van der Waals surface area contributed by atoms with Crippen LogP contribution in [-0.2, 0) is 9.53 Å². The number of likely N-dealkylation sites (tertiary alicyclic amines) is 1. The van der Waals surface area contributed by atoms with Crippen molar-refractivity contribution in [3.05, 3.63) is 0 Å². The van der Waals surface area contributed by atoms with Gasteiger partial charge in [-0.05, 0) is 45.6 Å². The van der Waals surface area contributed by atoms with Gasteiger partial charge in [0.15, 0.2) is 0 Å². The van der Waals surface area contributed by atoms with Crippen molar-refractivity contribution in [1.29, 1.82) is 0 Å². The summed E-state index contributed by atoms with van der Waals surface area (Å²) in [5, 5.41) is 3.52. The first-order valence-electron chi connectivity index (χ1n) is 8.41. The number of piperidine rings is 1. The van der Waals surface area contributed by atoms with Crippen LogP contribution in [0.5, 0.6) is 0 Å². The third-order valence-electron chi connectivity index (χ3n) is 4.51. The van der Waals surface area contributed by atoms with Gasteiger partial charge in [-0.25, -0.2) is 0 Å². The number of amides is 1. The molecule has 2 saturated heterocycles. The molecule has 0 aromatic rings. The first kappa shape index (κ1) is 15.8. The molecule has 4 nitrogen and oxygen atoms in total. The molecule has 0 aromatic heterocycles. The topological polar surface area (TPSA) is 41.6 Å². The highest BCUT2D eigenvalue weighted by Crippen LogP contribution is 2.13. The summed E-state index contributed by atoms with van der Waals surface area (Å²) in [6.45, 7) is 5.56. The van der Waals surface area contributed by atoms with Crippen molar-refractivity contribution in [2.24, 2.45) is 0 Å².